The van der Waals surface area contributed by atoms with E-state index >= 15 is 0 Å². The molecule has 0 amide bonds. The highest BCUT2D eigenvalue weighted by atomic mass is 16.5. The van der Waals surface area contributed by atoms with Crippen LogP contribution in [0.1, 0.15) is 23.6 Å². The number of hydrogen-bond donors (Lipinski definition) is 0. The summed E-state index contributed by atoms with van der Waals surface area (Å²) in [7, 11) is 1.67. The number of nitriles is 1. The Morgan fingerprint density at radius 3 is 2.69 bits per heavy atom. The molecule has 2 heteroatoms. The van der Waals surface area contributed by atoms with Gasteiger partial charge in [0.2, 0.25) is 0 Å². The molecule has 0 unspecified atom stereocenters. The van der Waals surface area contributed by atoms with Crippen LogP contribution in [0.15, 0.2) is 18.2 Å². The Morgan fingerprint density at radius 2 is 2.15 bits per heavy atom. The first-order valence-electron chi connectivity index (χ1n) is 4.32. The van der Waals surface area contributed by atoms with Crippen LogP contribution in [0.25, 0.3) is 0 Å². The summed E-state index contributed by atoms with van der Waals surface area (Å²) in [5.74, 6) is 0. The largest absolute Gasteiger partial charge is 0.380 e. The lowest BCUT2D eigenvalue weighted by atomic mass is 10.0. The molecule has 0 fully saturated rings. The fraction of sp³-hybridized carbons (Fsp3) is 0.364. The van der Waals surface area contributed by atoms with Crippen molar-refractivity contribution in [3.05, 3.63) is 34.9 Å². The Hall–Kier alpha value is -1.33. The smallest absolute Gasteiger partial charge is 0.0991 e. The molecule has 0 radical (unpaired) electrons. The zero-order chi connectivity index (χ0) is 9.68. The van der Waals surface area contributed by atoms with Crippen molar-refractivity contribution in [1.82, 2.24) is 0 Å². The van der Waals surface area contributed by atoms with E-state index in [-0.39, 0.29) is 0 Å². The summed E-state index contributed by atoms with van der Waals surface area (Å²) in [5, 5.41) is 8.70. The van der Waals surface area contributed by atoms with Gasteiger partial charge in [0.05, 0.1) is 18.2 Å². The summed E-state index contributed by atoms with van der Waals surface area (Å²) in [6.45, 7) is 2.68. The lowest BCUT2D eigenvalue weighted by molar-refractivity contribution is 0.184. The summed E-state index contributed by atoms with van der Waals surface area (Å²) >= 11 is 0. The van der Waals surface area contributed by atoms with Gasteiger partial charge in [0, 0.05) is 7.11 Å². The molecule has 0 spiro atoms. The number of hydrogen-bond acceptors (Lipinski definition) is 2. The number of aryl methyl sites for hydroxylation is 1. The van der Waals surface area contributed by atoms with E-state index in [1.807, 2.05) is 18.2 Å². The van der Waals surface area contributed by atoms with Crippen LogP contribution in [-0.4, -0.2) is 7.11 Å². The standard InChI is InChI=1S/C11H13NO/c1-3-10-5-4-9(7-12)6-11(10)8-13-2/h4-6H,3,8H2,1-2H3. The third-order valence-corrected chi connectivity index (χ3v) is 2.02. The lowest BCUT2D eigenvalue weighted by Gasteiger charge is -2.06. The van der Waals surface area contributed by atoms with Gasteiger partial charge in [0.1, 0.15) is 0 Å². The maximum absolute atomic E-state index is 8.70. The van der Waals surface area contributed by atoms with E-state index in [0.29, 0.717) is 12.2 Å². The summed E-state index contributed by atoms with van der Waals surface area (Å²) < 4.78 is 5.06. The second-order valence-corrected chi connectivity index (χ2v) is 2.88. The van der Waals surface area contributed by atoms with Crippen LogP contribution >= 0.6 is 0 Å². The fourth-order valence-corrected chi connectivity index (χ4v) is 1.33. The molecule has 0 bridgehead atoms. The van der Waals surface area contributed by atoms with Gasteiger partial charge in [-0.25, -0.2) is 0 Å². The highest BCUT2D eigenvalue weighted by Gasteiger charge is 2.01. The molecule has 0 saturated heterocycles. The number of methoxy groups -OCH3 is 1. The minimum absolute atomic E-state index is 0.582. The van der Waals surface area contributed by atoms with Crippen molar-refractivity contribution in [2.24, 2.45) is 0 Å². The van der Waals surface area contributed by atoms with Crippen LogP contribution in [-0.2, 0) is 17.8 Å². The highest BCUT2D eigenvalue weighted by Crippen LogP contribution is 2.13. The van der Waals surface area contributed by atoms with Crippen LogP contribution in [0.4, 0.5) is 0 Å². The van der Waals surface area contributed by atoms with Crippen molar-refractivity contribution in [3.63, 3.8) is 0 Å². The third-order valence-electron chi connectivity index (χ3n) is 2.02. The molecule has 0 aliphatic carbocycles. The second-order valence-electron chi connectivity index (χ2n) is 2.88. The van der Waals surface area contributed by atoms with E-state index in [9.17, 15) is 0 Å². The van der Waals surface area contributed by atoms with Crippen LogP contribution in [0.3, 0.4) is 0 Å². The topological polar surface area (TPSA) is 33.0 Å². The SMILES string of the molecule is CCc1ccc(C#N)cc1COC. The van der Waals surface area contributed by atoms with Gasteiger partial charge in [-0.15, -0.1) is 0 Å². The van der Waals surface area contributed by atoms with Crippen LogP contribution in [0.5, 0.6) is 0 Å². The molecule has 1 rings (SSSR count). The molecule has 1 aromatic rings. The Bertz CT molecular complexity index is 325. The zero-order valence-corrected chi connectivity index (χ0v) is 8.00. The van der Waals surface area contributed by atoms with Crippen molar-refractivity contribution in [2.75, 3.05) is 7.11 Å². The van der Waals surface area contributed by atoms with Gasteiger partial charge in [0.25, 0.3) is 0 Å². The monoisotopic (exact) mass is 175 g/mol. The van der Waals surface area contributed by atoms with E-state index in [1.54, 1.807) is 7.11 Å². The minimum atomic E-state index is 0.582. The summed E-state index contributed by atoms with van der Waals surface area (Å²) in [4.78, 5) is 0. The maximum atomic E-state index is 8.70. The molecule has 13 heavy (non-hydrogen) atoms. The number of nitrogens with zero attached hydrogens (tertiary/aromatic N) is 1. The van der Waals surface area contributed by atoms with E-state index in [1.165, 1.54) is 5.56 Å². The molecule has 2 nitrogen and oxygen atoms in total. The summed E-state index contributed by atoms with van der Waals surface area (Å²) in [6.07, 6.45) is 0.977. The normalized spacial score (nSPS) is 9.62. The zero-order valence-electron chi connectivity index (χ0n) is 8.00. The fourth-order valence-electron chi connectivity index (χ4n) is 1.33. The quantitative estimate of drug-likeness (QED) is 0.706. The summed E-state index contributed by atoms with van der Waals surface area (Å²) in [5.41, 5.74) is 3.06. The molecule has 0 aliphatic rings. The van der Waals surface area contributed by atoms with Crippen LogP contribution in [0, 0.1) is 11.3 Å². The first kappa shape index (κ1) is 9.76. The Kier molecular flexibility index (Phi) is 3.48. The van der Waals surface area contributed by atoms with Crippen molar-refractivity contribution >= 4 is 0 Å². The molecule has 68 valence electrons. The van der Waals surface area contributed by atoms with Gasteiger partial charge in [0.15, 0.2) is 0 Å². The van der Waals surface area contributed by atoms with E-state index in [0.717, 1.165) is 12.0 Å². The number of rotatable bonds is 3. The van der Waals surface area contributed by atoms with Gasteiger partial charge in [-0.2, -0.15) is 5.26 Å². The molecule has 0 aromatic heterocycles. The summed E-state index contributed by atoms with van der Waals surface area (Å²) in [6, 6.07) is 7.85. The van der Waals surface area contributed by atoms with Gasteiger partial charge < -0.3 is 4.74 Å². The molecule has 0 heterocycles. The Labute approximate surface area is 78.8 Å². The van der Waals surface area contributed by atoms with Crippen LogP contribution in [0.2, 0.25) is 0 Å². The van der Waals surface area contributed by atoms with E-state index < -0.39 is 0 Å². The van der Waals surface area contributed by atoms with Gasteiger partial charge in [-0.3, -0.25) is 0 Å². The molecular formula is C11H13NO. The molecule has 1 aromatic carbocycles. The highest BCUT2D eigenvalue weighted by molar-refractivity contribution is 5.37. The predicted molar refractivity (Wildman–Crippen MR) is 51.2 cm³/mol. The number of ether oxygens (including phenoxy) is 1. The Morgan fingerprint density at radius 1 is 1.38 bits per heavy atom. The van der Waals surface area contributed by atoms with Gasteiger partial charge >= 0.3 is 0 Å². The average molecular weight is 175 g/mol. The third kappa shape index (κ3) is 2.30. The first-order valence-corrected chi connectivity index (χ1v) is 4.32. The first-order chi connectivity index (χ1) is 6.31. The van der Waals surface area contributed by atoms with Crippen molar-refractivity contribution in [1.29, 1.82) is 5.26 Å². The lowest BCUT2D eigenvalue weighted by Crippen LogP contribution is -1.95. The predicted octanol–water partition coefficient (Wildman–Crippen LogP) is 2.27. The van der Waals surface area contributed by atoms with Crippen LogP contribution < -0.4 is 0 Å². The molecule has 0 atom stereocenters. The minimum Gasteiger partial charge on any atom is -0.380 e. The van der Waals surface area contributed by atoms with Gasteiger partial charge in [-0.1, -0.05) is 13.0 Å². The van der Waals surface area contributed by atoms with Crippen molar-refractivity contribution in [3.8, 4) is 6.07 Å². The Balaban J connectivity index is 3.04. The number of benzene rings is 1. The molecular weight excluding hydrogens is 162 g/mol. The van der Waals surface area contributed by atoms with E-state index in [4.69, 9.17) is 10.00 Å². The maximum Gasteiger partial charge on any atom is 0.0991 e. The van der Waals surface area contributed by atoms with Crippen molar-refractivity contribution < 1.29 is 4.74 Å². The molecule has 0 aliphatic heterocycles. The average Bonchev–Trinajstić information content (AvgIpc) is 2.18. The van der Waals surface area contributed by atoms with Gasteiger partial charge in [-0.05, 0) is 29.7 Å². The van der Waals surface area contributed by atoms with E-state index in [2.05, 4.69) is 13.0 Å². The van der Waals surface area contributed by atoms with Crippen molar-refractivity contribution in [2.45, 2.75) is 20.0 Å². The molecule has 0 N–H and O–H groups in total. The second kappa shape index (κ2) is 4.64. The molecule has 0 saturated carbocycles.